The van der Waals surface area contributed by atoms with Gasteiger partial charge < -0.3 is 4.74 Å². The molecule has 7 heteroatoms. The fraction of sp³-hybridized carbons (Fsp3) is 0.471. The minimum absolute atomic E-state index is 0.0126. The highest BCUT2D eigenvalue weighted by Gasteiger charge is 2.33. The number of nitrogens with zero attached hydrogens (tertiary/aromatic N) is 2. The highest BCUT2D eigenvalue weighted by Crippen LogP contribution is 2.34. The van der Waals surface area contributed by atoms with Crippen molar-refractivity contribution in [3.05, 3.63) is 28.6 Å². The molecule has 1 fully saturated rings. The molecule has 24 heavy (non-hydrogen) atoms. The van der Waals surface area contributed by atoms with Crippen LogP contribution in [0.4, 0.5) is 0 Å². The third-order valence-corrected chi connectivity index (χ3v) is 7.22. The predicted octanol–water partition coefficient (Wildman–Crippen LogP) is 3.69. The Morgan fingerprint density at radius 3 is 2.75 bits per heavy atom. The minimum atomic E-state index is -3.59. The highest BCUT2D eigenvalue weighted by atomic mass is 32.2. The van der Waals surface area contributed by atoms with E-state index in [0.717, 1.165) is 35.5 Å². The van der Waals surface area contributed by atoms with E-state index in [9.17, 15) is 8.42 Å². The summed E-state index contributed by atoms with van der Waals surface area (Å²) in [4.78, 5) is 4.68. The van der Waals surface area contributed by atoms with Crippen LogP contribution in [0, 0.1) is 6.92 Å². The van der Waals surface area contributed by atoms with E-state index in [-0.39, 0.29) is 10.9 Å². The van der Waals surface area contributed by atoms with Crippen LogP contribution in [-0.2, 0) is 10.0 Å². The molecule has 0 saturated carbocycles. The molecule has 0 spiro atoms. The number of benzene rings is 1. The Balaban J connectivity index is 2.07. The van der Waals surface area contributed by atoms with E-state index >= 15 is 0 Å². The summed E-state index contributed by atoms with van der Waals surface area (Å²) in [5, 5.41) is 2.90. The molecule has 5 nitrogen and oxygen atoms in total. The predicted molar refractivity (Wildman–Crippen MR) is 96.0 cm³/mol. The molecule has 2 aromatic rings. The fourth-order valence-corrected chi connectivity index (χ4v) is 5.59. The molecule has 1 aliphatic heterocycles. The largest absolute Gasteiger partial charge is 0.495 e. The average molecular weight is 367 g/mol. The van der Waals surface area contributed by atoms with Crippen LogP contribution < -0.4 is 4.74 Å². The van der Waals surface area contributed by atoms with Crippen molar-refractivity contribution in [3.8, 4) is 17.0 Å². The molecule has 0 aliphatic carbocycles. The van der Waals surface area contributed by atoms with Crippen LogP contribution in [0.25, 0.3) is 11.3 Å². The van der Waals surface area contributed by atoms with Gasteiger partial charge in [0.1, 0.15) is 10.6 Å². The van der Waals surface area contributed by atoms with E-state index in [1.165, 1.54) is 7.11 Å². The molecule has 1 aromatic heterocycles. The second-order valence-electron chi connectivity index (χ2n) is 6.08. The Morgan fingerprint density at radius 1 is 1.33 bits per heavy atom. The van der Waals surface area contributed by atoms with Crippen molar-refractivity contribution in [1.82, 2.24) is 9.29 Å². The van der Waals surface area contributed by atoms with Crippen molar-refractivity contribution < 1.29 is 13.2 Å². The molecule has 3 rings (SSSR count). The molecular weight excluding hydrogens is 344 g/mol. The summed E-state index contributed by atoms with van der Waals surface area (Å²) < 4.78 is 33.3. The van der Waals surface area contributed by atoms with E-state index in [2.05, 4.69) is 4.98 Å². The molecule has 0 N–H and O–H groups in total. The first kappa shape index (κ1) is 17.4. The maximum Gasteiger partial charge on any atom is 0.247 e. The maximum atomic E-state index is 13.2. The normalized spacial score (nSPS) is 19.4. The number of aryl methyl sites for hydroxylation is 1. The zero-order valence-electron chi connectivity index (χ0n) is 14.2. The van der Waals surface area contributed by atoms with E-state index in [1.54, 1.807) is 27.8 Å². The van der Waals surface area contributed by atoms with Gasteiger partial charge in [-0.15, -0.1) is 11.3 Å². The molecule has 0 radical (unpaired) electrons. The monoisotopic (exact) mass is 366 g/mol. The van der Waals surface area contributed by atoms with Gasteiger partial charge >= 0.3 is 0 Å². The van der Waals surface area contributed by atoms with Crippen LogP contribution >= 0.6 is 11.3 Å². The van der Waals surface area contributed by atoms with Gasteiger partial charge in [-0.1, -0.05) is 6.42 Å². The summed E-state index contributed by atoms with van der Waals surface area (Å²) in [7, 11) is -2.09. The summed E-state index contributed by atoms with van der Waals surface area (Å²) in [6, 6.07) is 5.26. The number of hydrogen-bond acceptors (Lipinski definition) is 5. The lowest BCUT2D eigenvalue weighted by Gasteiger charge is -2.32. The second-order valence-corrected chi connectivity index (χ2v) is 9.00. The summed E-state index contributed by atoms with van der Waals surface area (Å²) in [5.41, 5.74) is 1.59. The Labute approximate surface area is 147 Å². The van der Waals surface area contributed by atoms with Gasteiger partial charge in [-0.05, 0) is 44.9 Å². The van der Waals surface area contributed by atoms with Crippen molar-refractivity contribution in [2.45, 2.75) is 44.0 Å². The van der Waals surface area contributed by atoms with E-state index in [4.69, 9.17) is 4.74 Å². The van der Waals surface area contributed by atoms with E-state index < -0.39 is 10.0 Å². The number of sulfonamides is 1. The molecule has 1 atom stereocenters. The lowest BCUT2D eigenvalue weighted by molar-refractivity contribution is 0.267. The van der Waals surface area contributed by atoms with E-state index in [1.807, 2.05) is 25.3 Å². The van der Waals surface area contributed by atoms with Gasteiger partial charge in [0, 0.05) is 23.5 Å². The molecule has 1 unspecified atom stereocenters. The van der Waals surface area contributed by atoms with Gasteiger partial charge in [0.2, 0.25) is 10.0 Å². The van der Waals surface area contributed by atoms with Gasteiger partial charge in [-0.2, -0.15) is 4.31 Å². The summed E-state index contributed by atoms with van der Waals surface area (Å²) in [5.74, 6) is 0.378. The topological polar surface area (TPSA) is 59.5 Å². The van der Waals surface area contributed by atoms with Gasteiger partial charge in [-0.3, -0.25) is 0 Å². The number of piperidine rings is 1. The van der Waals surface area contributed by atoms with Gasteiger partial charge in [-0.25, -0.2) is 13.4 Å². The smallest absolute Gasteiger partial charge is 0.247 e. The van der Waals surface area contributed by atoms with Crippen LogP contribution in [0.1, 0.15) is 31.2 Å². The number of ether oxygens (including phenoxy) is 1. The SMILES string of the molecule is COc1ccc(-c2csc(C)n2)cc1S(=O)(=O)N1CCCCC1C. The fourth-order valence-electron chi connectivity index (χ4n) is 3.09. The molecule has 0 bridgehead atoms. The molecule has 0 amide bonds. The number of rotatable bonds is 4. The standard InChI is InChI=1S/C17H22N2O3S2/c1-12-6-4-5-9-19(12)24(20,21)17-10-14(7-8-16(17)22-3)15-11-23-13(2)18-15/h7-8,10-12H,4-6,9H2,1-3H3. The van der Waals surface area contributed by atoms with Crippen LogP contribution in [0.5, 0.6) is 5.75 Å². The van der Waals surface area contributed by atoms with Crippen molar-refractivity contribution in [2.24, 2.45) is 0 Å². The second kappa shape index (κ2) is 6.82. The number of hydrogen-bond donors (Lipinski definition) is 0. The first-order valence-electron chi connectivity index (χ1n) is 8.06. The summed E-state index contributed by atoms with van der Waals surface area (Å²) in [6.07, 6.45) is 2.87. The lowest BCUT2D eigenvalue weighted by atomic mass is 10.1. The third-order valence-electron chi connectivity index (χ3n) is 4.41. The molecule has 1 aromatic carbocycles. The average Bonchev–Trinajstić information content (AvgIpc) is 3.01. The Kier molecular flexibility index (Phi) is 4.94. The molecule has 1 saturated heterocycles. The zero-order valence-corrected chi connectivity index (χ0v) is 15.8. The quantitative estimate of drug-likeness (QED) is 0.828. The zero-order chi connectivity index (χ0) is 17.3. The van der Waals surface area contributed by atoms with Crippen molar-refractivity contribution in [3.63, 3.8) is 0 Å². The number of thiazole rings is 1. The summed E-state index contributed by atoms with van der Waals surface area (Å²) in [6.45, 7) is 4.47. The molecule has 1 aliphatic rings. The Hall–Kier alpha value is -1.44. The first-order chi connectivity index (χ1) is 11.4. The van der Waals surface area contributed by atoms with Crippen molar-refractivity contribution >= 4 is 21.4 Å². The van der Waals surface area contributed by atoms with Gasteiger partial charge in [0.25, 0.3) is 0 Å². The van der Waals surface area contributed by atoms with Crippen LogP contribution in [-0.4, -0.2) is 37.4 Å². The van der Waals surface area contributed by atoms with Gasteiger partial charge in [0.05, 0.1) is 17.8 Å². The van der Waals surface area contributed by atoms with E-state index in [0.29, 0.717) is 12.3 Å². The Morgan fingerprint density at radius 2 is 2.12 bits per heavy atom. The van der Waals surface area contributed by atoms with Crippen molar-refractivity contribution in [1.29, 1.82) is 0 Å². The molecule has 2 heterocycles. The van der Waals surface area contributed by atoms with Gasteiger partial charge in [0.15, 0.2) is 0 Å². The molecular formula is C17H22N2O3S2. The van der Waals surface area contributed by atoms with Crippen LogP contribution in [0.2, 0.25) is 0 Å². The molecule has 130 valence electrons. The minimum Gasteiger partial charge on any atom is -0.495 e. The lowest BCUT2D eigenvalue weighted by Crippen LogP contribution is -2.42. The Bertz CT molecular complexity index is 830. The first-order valence-corrected chi connectivity index (χ1v) is 10.4. The maximum absolute atomic E-state index is 13.2. The van der Waals surface area contributed by atoms with Crippen LogP contribution in [0.3, 0.4) is 0 Å². The highest BCUT2D eigenvalue weighted by molar-refractivity contribution is 7.89. The summed E-state index contributed by atoms with van der Waals surface area (Å²) >= 11 is 1.55. The number of methoxy groups -OCH3 is 1. The third kappa shape index (κ3) is 3.20. The van der Waals surface area contributed by atoms with Crippen molar-refractivity contribution in [2.75, 3.05) is 13.7 Å². The van der Waals surface area contributed by atoms with Crippen LogP contribution in [0.15, 0.2) is 28.5 Å². The number of aromatic nitrogens is 1.